The second-order valence-corrected chi connectivity index (χ2v) is 5.44. The molecular weight excluding hydrogens is 246 g/mol. The van der Waals surface area contributed by atoms with Crippen LogP contribution in [0.25, 0.3) is 0 Å². The minimum atomic E-state index is -0.257. The Labute approximate surface area is 103 Å². The first kappa shape index (κ1) is 11.8. The fraction of sp³-hybridized carbons (Fsp3) is 0.600. The van der Waals surface area contributed by atoms with Crippen molar-refractivity contribution in [3.63, 3.8) is 0 Å². The van der Waals surface area contributed by atoms with Gasteiger partial charge < -0.3 is 5.32 Å². The summed E-state index contributed by atoms with van der Waals surface area (Å²) in [5.41, 5.74) is 0.383. The fourth-order valence-electron chi connectivity index (χ4n) is 1.63. The standard InChI is InChI=1S/C10H14ClN3OS/c1-14-10(15)9(11)8(5-13-14)12-4-7-2-3-16-6-7/h5,7,12H,2-4,6H2,1H3. The highest BCUT2D eigenvalue weighted by molar-refractivity contribution is 7.99. The molecule has 88 valence electrons. The van der Waals surface area contributed by atoms with Gasteiger partial charge in [-0.05, 0) is 23.8 Å². The van der Waals surface area contributed by atoms with Gasteiger partial charge >= 0.3 is 0 Å². The van der Waals surface area contributed by atoms with Crippen LogP contribution < -0.4 is 10.9 Å². The molecule has 16 heavy (non-hydrogen) atoms. The Kier molecular flexibility index (Phi) is 3.76. The monoisotopic (exact) mass is 259 g/mol. The van der Waals surface area contributed by atoms with Crippen LogP contribution in [0.15, 0.2) is 11.0 Å². The average molecular weight is 260 g/mol. The molecule has 6 heteroatoms. The Balaban J connectivity index is 2.04. The largest absolute Gasteiger partial charge is 0.382 e. The average Bonchev–Trinajstić information content (AvgIpc) is 2.78. The number of aryl methyl sites for hydroxylation is 1. The molecule has 0 radical (unpaired) electrons. The van der Waals surface area contributed by atoms with Gasteiger partial charge in [0.25, 0.3) is 5.56 Å². The molecule has 1 unspecified atom stereocenters. The summed E-state index contributed by atoms with van der Waals surface area (Å²) < 4.78 is 1.24. The molecule has 0 spiro atoms. The Morgan fingerprint density at radius 2 is 2.56 bits per heavy atom. The first-order valence-corrected chi connectivity index (χ1v) is 6.75. The van der Waals surface area contributed by atoms with Gasteiger partial charge in [0.1, 0.15) is 5.02 Å². The van der Waals surface area contributed by atoms with Crippen molar-refractivity contribution in [3.05, 3.63) is 21.6 Å². The summed E-state index contributed by atoms with van der Waals surface area (Å²) in [5, 5.41) is 7.36. The maximum atomic E-state index is 11.5. The van der Waals surface area contributed by atoms with Gasteiger partial charge in [0.05, 0.1) is 11.9 Å². The third-order valence-corrected chi connectivity index (χ3v) is 4.28. The number of hydrogen-bond donors (Lipinski definition) is 1. The fourth-order valence-corrected chi connectivity index (χ4v) is 3.16. The van der Waals surface area contributed by atoms with Gasteiger partial charge in [-0.25, -0.2) is 4.68 Å². The van der Waals surface area contributed by atoms with E-state index in [9.17, 15) is 4.79 Å². The Bertz CT molecular complexity index is 429. The lowest BCUT2D eigenvalue weighted by Crippen LogP contribution is -2.22. The van der Waals surface area contributed by atoms with Crippen molar-refractivity contribution in [2.45, 2.75) is 6.42 Å². The minimum absolute atomic E-state index is 0.225. The van der Waals surface area contributed by atoms with Gasteiger partial charge in [0.2, 0.25) is 0 Å². The molecule has 2 rings (SSSR count). The van der Waals surface area contributed by atoms with Crippen molar-refractivity contribution in [3.8, 4) is 0 Å². The SMILES string of the molecule is Cn1ncc(NCC2CCSC2)c(Cl)c1=O. The molecular formula is C10H14ClN3OS. The van der Waals surface area contributed by atoms with Crippen LogP contribution in [0.1, 0.15) is 6.42 Å². The summed E-state index contributed by atoms with van der Waals surface area (Å²) in [6, 6.07) is 0. The molecule has 1 saturated heterocycles. The van der Waals surface area contributed by atoms with Crippen molar-refractivity contribution >= 4 is 29.1 Å². The summed E-state index contributed by atoms with van der Waals surface area (Å²) in [7, 11) is 1.59. The zero-order valence-corrected chi connectivity index (χ0v) is 10.6. The van der Waals surface area contributed by atoms with Crippen LogP contribution in [0, 0.1) is 5.92 Å². The van der Waals surface area contributed by atoms with Crippen LogP contribution in [0.3, 0.4) is 0 Å². The number of nitrogens with one attached hydrogen (secondary N) is 1. The highest BCUT2D eigenvalue weighted by atomic mass is 35.5. The molecule has 1 fully saturated rings. The number of rotatable bonds is 3. The number of aromatic nitrogens is 2. The van der Waals surface area contributed by atoms with Crippen molar-refractivity contribution in [1.82, 2.24) is 9.78 Å². The third-order valence-electron chi connectivity index (χ3n) is 2.68. The van der Waals surface area contributed by atoms with E-state index in [0.29, 0.717) is 11.6 Å². The van der Waals surface area contributed by atoms with E-state index in [4.69, 9.17) is 11.6 Å². The smallest absolute Gasteiger partial charge is 0.287 e. The van der Waals surface area contributed by atoms with E-state index in [1.54, 1.807) is 13.2 Å². The second-order valence-electron chi connectivity index (χ2n) is 3.91. The van der Waals surface area contributed by atoms with Crippen LogP contribution in [0.4, 0.5) is 5.69 Å². The highest BCUT2D eigenvalue weighted by Crippen LogP contribution is 2.24. The molecule has 1 atom stereocenters. The van der Waals surface area contributed by atoms with Crippen molar-refractivity contribution in [2.75, 3.05) is 23.4 Å². The maximum absolute atomic E-state index is 11.5. The number of nitrogens with zero attached hydrogens (tertiary/aromatic N) is 2. The Morgan fingerprint density at radius 3 is 3.25 bits per heavy atom. The van der Waals surface area contributed by atoms with E-state index in [2.05, 4.69) is 10.4 Å². The summed E-state index contributed by atoms with van der Waals surface area (Å²) in [6.45, 7) is 0.863. The second kappa shape index (κ2) is 5.10. The predicted octanol–water partition coefficient (Wildman–Crippen LogP) is 1.60. The molecule has 0 saturated carbocycles. The topological polar surface area (TPSA) is 46.9 Å². The van der Waals surface area contributed by atoms with E-state index < -0.39 is 0 Å². The maximum Gasteiger partial charge on any atom is 0.287 e. The van der Waals surface area contributed by atoms with Crippen molar-refractivity contribution in [2.24, 2.45) is 13.0 Å². The lowest BCUT2D eigenvalue weighted by molar-refractivity contribution is 0.630. The van der Waals surface area contributed by atoms with Crippen LogP contribution in [0.5, 0.6) is 0 Å². The number of hydrogen-bond acceptors (Lipinski definition) is 4. The molecule has 0 amide bonds. The molecule has 1 aliphatic rings. The lowest BCUT2D eigenvalue weighted by atomic mass is 10.1. The van der Waals surface area contributed by atoms with Gasteiger partial charge in [-0.15, -0.1) is 0 Å². The van der Waals surface area contributed by atoms with Gasteiger partial charge in [-0.3, -0.25) is 4.79 Å². The van der Waals surface area contributed by atoms with E-state index in [-0.39, 0.29) is 10.6 Å². The van der Waals surface area contributed by atoms with Crippen LogP contribution in [-0.2, 0) is 7.05 Å². The van der Waals surface area contributed by atoms with E-state index in [1.165, 1.54) is 22.6 Å². The van der Waals surface area contributed by atoms with Crippen LogP contribution >= 0.6 is 23.4 Å². The zero-order valence-electron chi connectivity index (χ0n) is 9.07. The Hall–Kier alpha value is -0.680. The van der Waals surface area contributed by atoms with Crippen LogP contribution in [0.2, 0.25) is 5.02 Å². The normalized spacial score (nSPS) is 20.0. The van der Waals surface area contributed by atoms with Gasteiger partial charge in [-0.2, -0.15) is 16.9 Å². The van der Waals surface area contributed by atoms with Crippen LogP contribution in [-0.4, -0.2) is 27.8 Å². The molecule has 0 aliphatic carbocycles. The van der Waals surface area contributed by atoms with E-state index >= 15 is 0 Å². The predicted molar refractivity (Wildman–Crippen MR) is 68.4 cm³/mol. The molecule has 4 nitrogen and oxygen atoms in total. The molecule has 1 aliphatic heterocycles. The summed E-state index contributed by atoms with van der Waals surface area (Å²) in [4.78, 5) is 11.5. The molecule has 1 aromatic heterocycles. The highest BCUT2D eigenvalue weighted by Gasteiger charge is 2.16. The third kappa shape index (κ3) is 2.52. The molecule has 1 aromatic rings. The molecule has 0 aromatic carbocycles. The Morgan fingerprint density at radius 1 is 1.75 bits per heavy atom. The lowest BCUT2D eigenvalue weighted by Gasteiger charge is -2.12. The molecule has 1 N–H and O–H groups in total. The van der Waals surface area contributed by atoms with E-state index in [0.717, 1.165) is 6.54 Å². The number of thioether (sulfide) groups is 1. The first-order chi connectivity index (χ1) is 7.68. The quantitative estimate of drug-likeness (QED) is 0.896. The first-order valence-electron chi connectivity index (χ1n) is 5.22. The number of halogens is 1. The molecule has 0 bridgehead atoms. The van der Waals surface area contributed by atoms with Gasteiger partial charge in [-0.1, -0.05) is 11.6 Å². The van der Waals surface area contributed by atoms with Gasteiger partial charge in [0, 0.05) is 13.6 Å². The summed E-state index contributed by atoms with van der Waals surface area (Å²) in [5.74, 6) is 3.09. The number of anilines is 1. The minimum Gasteiger partial charge on any atom is -0.382 e. The van der Waals surface area contributed by atoms with Crippen molar-refractivity contribution < 1.29 is 0 Å². The zero-order chi connectivity index (χ0) is 11.5. The van der Waals surface area contributed by atoms with Gasteiger partial charge in [0.15, 0.2) is 0 Å². The molecule has 2 heterocycles. The van der Waals surface area contributed by atoms with Crippen molar-refractivity contribution in [1.29, 1.82) is 0 Å². The summed E-state index contributed by atoms with van der Waals surface area (Å²) >= 11 is 7.92. The summed E-state index contributed by atoms with van der Waals surface area (Å²) in [6.07, 6.45) is 2.83. The van der Waals surface area contributed by atoms with E-state index in [1.807, 2.05) is 11.8 Å².